The van der Waals surface area contributed by atoms with Crippen molar-refractivity contribution in [1.29, 1.82) is 0 Å². The normalized spacial score (nSPS) is 16.5. The van der Waals surface area contributed by atoms with Crippen molar-refractivity contribution in [3.05, 3.63) is 58.3 Å². The molecule has 1 saturated heterocycles. The molecule has 1 aliphatic rings. The van der Waals surface area contributed by atoms with Crippen LogP contribution in [0.2, 0.25) is 0 Å². The highest BCUT2D eigenvalue weighted by atomic mass is 32.1. The van der Waals surface area contributed by atoms with Gasteiger partial charge < -0.3 is 14.5 Å². The van der Waals surface area contributed by atoms with Crippen LogP contribution in [0, 0.1) is 5.92 Å². The summed E-state index contributed by atoms with van der Waals surface area (Å²) in [5, 5.41) is 2.04. The molecule has 1 aliphatic heterocycles. The monoisotopic (exact) mass is 470 g/mol. The van der Waals surface area contributed by atoms with E-state index in [1.54, 1.807) is 16.2 Å². The van der Waals surface area contributed by atoms with Gasteiger partial charge in [-0.1, -0.05) is 63.1 Å². The molecule has 33 heavy (non-hydrogen) atoms. The van der Waals surface area contributed by atoms with Gasteiger partial charge in [-0.25, -0.2) is 0 Å². The molecule has 2 atom stereocenters. The largest absolute Gasteiger partial charge is 0.376 e. The van der Waals surface area contributed by atoms with Crippen molar-refractivity contribution in [2.75, 3.05) is 19.7 Å². The van der Waals surface area contributed by atoms with E-state index in [0.29, 0.717) is 19.6 Å². The first-order valence-corrected chi connectivity index (χ1v) is 13.2. The summed E-state index contributed by atoms with van der Waals surface area (Å²) >= 11 is 1.65. The average molecular weight is 471 g/mol. The lowest BCUT2D eigenvalue weighted by Gasteiger charge is -2.31. The molecule has 2 amide bonds. The minimum absolute atomic E-state index is 0.0102. The Kier molecular flexibility index (Phi) is 10.4. The number of thiophene rings is 1. The van der Waals surface area contributed by atoms with E-state index < -0.39 is 0 Å². The van der Waals surface area contributed by atoms with Gasteiger partial charge in [0, 0.05) is 30.5 Å². The van der Waals surface area contributed by atoms with Crippen LogP contribution in [0.5, 0.6) is 0 Å². The van der Waals surface area contributed by atoms with Crippen LogP contribution in [-0.2, 0) is 27.4 Å². The second-order valence-corrected chi connectivity index (χ2v) is 9.95. The van der Waals surface area contributed by atoms with Crippen molar-refractivity contribution in [2.45, 2.75) is 71.6 Å². The van der Waals surface area contributed by atoms with Crippen molar-refractivity contribution < 1.29 is 14.3 Å². The van der Waals surface area contributed by atoms with Gasteiger partial charge in [-0.2, -0.15) is 0 Å². The molecule has 3 rings (SSSR count). The SMILES string of the molecule is CCCC[C@@H](CC)C(=O)N(CC(=O)N(Cc1ccccc1)Cc1cccs1)C[C@H]1CCCO1. The number of benzene rings is 1. The van der Waals surface area contributed by atoms with Gasteiger partial charge >= 0.3 is 0 Å². The van der Waals surface area contributed by atoms with Gasteiger partial charge in [-0.15, -0.1) is 11.3 Å². The molecule has 0 N–H and O–H groups in total. The smallest absolute Gasteiger partial charge is 0.242 e. The second kappa shape index (κ2) is 13.5. The summed E-state index contributed by atoms with van der Waals surface area (Å²) in [6, 6.07) is 14.1. The summed E-state index contributed by atoms with van der Waals surface area (Å²) in [6.07, 6.45) is 5.79. The van der Waals surface area contributed by atoms with Crippen LogP contribution in [-0.4, -0.2) is 47.4 Å². The minimum atomic E-state index is -0.0287. The lowest BCUT2D eigenvalue weighted by atomic mass is 9.97. The van der Waals surface area contributed by atoms with E-state index in [0.717, 1.165) is 55.6 Å². The quantitative estimate of drug-likeness (QED) is 0.388. The number of carbonyl (C=O) groups is 2. The third-order valence-corrected chi connectivity index (χ3v) is 7.19. The Balaban J connectivity index is 1.75. The van der Waals surface area contributed by atoms with Crippen LogP contribution in [0.15, 0.2) is 47.8 Å². The fourth-order valence-electron chi connectivity index (χ4n) is 4.37. The first kappa shape index (κ1) is 25.4. The molecular weight excluding hydrogens is 432 g/mol. The maximum Gasteiger partial charge on any atom is 0.242 e. The molecule has 1 aromatic heterocycles. The Bertz CT molecular complexity index is 834. The maximum absolute atomic E-state index is 13.6. The molecule has 1 fully saturated rings. The minimum Gasteiger partial charge on any atom is -0.376 e. The van der Waals surface area contributed by atoms with E-state index in [1.807, 2.05) is 46.7 Å². The van der Waals surface area contributed by atoms with Crippen LogP contribution in [0.3, 0.4) is 0 Å². The molecule has 0 aliphatic carbocycles. The van der Waals surface area contributed by atoms with Crippen molar-refractivity contribution in [2.24, 2.45) is 5.92 Å². The summed E-state index contributed by atoms with van der Waals surface area (Å²) in [5.41, 5.74) is 1.09. The predicted molar refractivity (Wildman–Crippen MR) is 134 cm³/mol. The summed E-state index contributed by atoms with van der Waals surface area (Å²) < 4.78 is 5.83. The number of ether oxygens (including phenoxy) is 1. The lowest BCUT2D eigenvalue weighted by molar-refractivity contribution is -0.145. The van der Waals surface area contributed by atoms with E-state index >= 15 is 0 Å². The maximum atomic E-state index is 13.6. The lowest BCUT2D eigenvalue weighted by Crippen LogP contribution is -2.47. The molecule has 5 nitrogen and oxygen atoms in total. The third-order valence-electron chi connectivity index (χ3n) is 6.33. The second-order valence-electron chi connectivity index (χ2n) is 8.92. The summed E-state index contributed by atoms with van der Waals surface area (Å²) in [7, 11) is 0. The van der Waals surface area contributed by atoms with E-state index in [9.17, 15) is 9.59 Å². The van der Waals surface area contributed by atoms with Crippen molar-refractivity contribution in [3.8, 4) is 0 Å². The first-order chi connectivity index (χ1) is 16.1. The Morgan fingerprint density at radius 1 is 1.09 bits per heavy atom. The van der Waals surface area contributed by atoms with E-state index in [2.05, 4.69) is 19.9 Å². The number of hydrogen-bond acceptors (Lipinski definition) is 4. The Morgan fingerprint density at radius 2 is 1.91 bits per heavy atom. The van der Waals surface area contributed by atoms with Gasteiger partial charge in [-0.05, 0) is 42.7 Å². The molecular formula is C27H38N2O3S. The highest BCUT2D eigenvalue weighted by Gasteiger charge is 2.29. The van der Waals surface area contributed by atoms with Crippen LogP contribution >= 0.6 is 11.3 Å². The molecule has 6 heteroatoms. The summed E-state index contributed by atoms with van der Waals surface area (Å²) in [5.74, 6) is 0.0635. The van der Waals surface area contributed by atoms with Gasteiger partial charge in [0.25, 0.3) is 0 Å². The number of nitrogens with zero attached hydrogens (tertiary/aromatic N) is 2. The van der Waals surface area contributed by atoms with Gasteiger partial charge in [-0.3, -0.25) is 9.59 Å². The molecule has 1 aromatic carbocycles. The van der Waals surface area contributed by atoms with Crippen LogP contribution in [0.1, 0.15) is 62.8 Å². The van der Waals surface area contributed by atoms with E-state index in [1.165, 1.54) is 0 Å². The van der Waals surface area contributed by atoms with Gasteiger partial charge in [0.15, 0.2) is 0 Å². The molecule has 0 bridgehead atoms. The van der Waals surface area contributed by atoms with E-state index in [-0.39, 0.29) is 30.4 Å². The standard InChI is InChI=1S/C27H38N2O3S/c1-3-5-13-23(4-2)27(31)29(19-24-14-9-16-32-24)21-26(30)28(20-25-15-10-17-33-25)18-22-11-7-6-8-12-22/h6-8,10-12,15,17,23-24H,3-5,9,13-14,16,18-21H2,1-2H3/t23-,24-/m1/s1. The zero-order valence-corrected chi connectivity index (χ0v) is 20.9. The number of hydrogen-bond donors (Lipinski definition) is 0. The molecule has 0 unspecified atom stereocenters. The van der Waals surface area contributed by atoms with Gasteiger partial charge in [0.05, 0.1) is 19.2 Å². The fraction of sp³-hybridized carbons (Fsp3) is 0.556. The number of carbonyl (C=O) groups excluding carboxylic acids is 2. The first-order valence-electron chi connectivity index (χ1n) is 12.3. The number of rotatable bonds is 13. The summed E-state index contributed by atoms with van der Waals surface area (Å²) in [4.78, 5) is 31.9. The molecule has 0 radical (unpaired) electrons. The van der Waals surface area contributed by atoms with Crippen LogP contribution in [0.25, 0.3) is 0 Å². The van der Waals surface area contributed by atoms with Crippen LogP contribution < -0.4 is 0 Å². The molecule has 180 valence electrons. The van der Waals surface area contributed by atoms with Crippen molar-refractivity contribution in [3.63, 3.8) is 0 Å². The Hall–Kier alpha value is -2.18. The number of amides is 2. The highest BCUT2D eigenvalue weighted by molar-refractivity contribution is 7.09. The Morgan fingerprint density at radius 3 is 2.55 bits per heavy atom. The molecule has 0 saturated carbocycles. The predicted octanol–water partition coefficient (Wildman–Crippen LogP) is 5.50. The van der Waals surface area contributed by atoms with Gasteiger partial charge in [0.1, 0.15) is 0 Å². The molecule has 0 spiro atoms. The zero-order valence-electron chi connectivity index (χ0n) is 20.1. The average Bonchev–Trinajstić information content (AvgIpc) is 3.53. The third kappa shape index (κ3) is 7.97. The topological polar surface area (TPSA) is 49.9 Å². The Labute approximate surface area is 202 Å². The van der Waals surface area contributed by atoms with Crippen molar-refractivity contribution >= 4 is 23.2 Å². The number of unbranched alkanes of at least 4 members (excludes halogenated alkanes) is 1. The summed E-state index contributed by atoms with van der Waals surface area (Å²) in [6.45, 7) is 6.67. The molecule has 2 aromatic rings. The van der Waals surface area contributed by atoms with E-state index in [4.69, 9.17) is 4.74 Å². The van der Waals surface area contributed by atoms with Crippen LogP contribution in [0.4, 0.5) is 0 Å². The molecule has 2 heterocycles. The van der Waals surface area contributed by atoms with Gasteiger partial charge in [0.2, 0.25) is 11.8 Å². The highest BCUT2D eigenvalue weighted by Crippen LogP contribution is 2.21. The zero-order chi connectivity index (χ0) is 23.5. The van der Waals surface area contributed by atoms with Crippen molar-refractivity contribution in [1.82, 2.24) is 9.80 Å². The fourth-order valence-corrected chi connectivity index (χ4v) is 5.09.